The topological polar surface area (TPSA) is 64.6 Å². The maximum atomic E-state index is 11.5. The molecule has 98 valence electrons. The van der Waals surface area contributed by atoms with E-state index in [2.05, 4.69) is 21.2 Å². The Morgan fingerprint density at radius 2 is 1.94 bits per heavy atom. The van der Waals surface area contributed by atoms with Crippen LogP contribution in [-0.2, 0) is 14.3 Å². The Bertz CT molecular complexity index is 405. The standard InChI is InChI=1S/C12H14BrNO4/c1-17-7-6-14-11(15)8-18-12(16)9-2-4-10(13)5-3-9/h2-5H,6-8H2,1H3,(H,14,15). The van der Waals surface area contributed by atoms with Gasteiger partial charge in [0.05, 0.1) is 12.2 Å². The van der Waals surface area contributed by atoms with Crippen molar-refractivity contribution in [3.8, 4) is 0 Å². The van der Waals surface area contributed by atoms with Gasteiger partial charge in [-0.3, -0.25) is 4.79 Å². The normalized spacial score (nSPS) is 9.89. The van der Waals surface area contributed by atoms with Gasteiger partial charge in [0.15, 0.2) is 6.61 Å². The predicted molar refractivity (Wildman–Crippen MR) is 69.3 cm³/mol. The summed E-state index contributed by atoms with van der Waals surface area (Å²) in [6, 6.07) is 6.70. The van der Waals surface area contributed by atoms with Gasteiger partial charge in [-0.2, -0.15) is 0 Å². The van der Waals surface area contributed by atoms with E-state index in [1.165, 1.54) is 0 Å². The minimum atomic E-state index is -0.524. The maximum absolute atomic E-state index is 11.5. The Balaban J connectivity index is 2.32. The van der Waals surface area contributed by atoms with E-state index in [4.69, 9.17) is 9.47 Å². The van der Waals surface area contributed by atoms with Gasteiger partial charge in [-0.1, -0.05) is 15.9 Å². The van der Waals surface area contributed by atoms with Gasteiger partial charge in [0.25, 0.3) is 5.91 Å². The average Bonchev–Trinajstić information content (AvgIpc) is 2.37. The van der Waals surface area contributed by atoms with Crippen LogP contribution < -0.4 is 5.32 Å². The van der Waals surface area contributed by atoms with E-state index in [9.17, 15) is 9.59 Å². The summed E-state index contributed by atoms with van der Waals surface area (Å²) in [5.74, 6) is -0.873. The Hall–Kier alpha value is -1.40. The molecule has 5 nitrogen and oxygen atoms in total. The zero-order chi connectivity index (χ0) is 13.4. The lowest BCUT2D eigenvalue weighted by Crippen LogP contribution is -2.31. The molecular weight excluding hydrogens is 302 g/mol. The lowest BCUT2D eigenvalue weighted by Gasteiger charge is -2.06. The lowest BCUT2D eigenvalue weighted by atomic mass is 10.2. The maximum Gasteiger partial charge on any atom is 0.338 e. The molecule has 0 bridgehead atoms. The van der Waals surface area contributed by atoms with Crippen molar-refractivity contribution in [1.29, 1.82) is 0 Å². The number of halogens is 1. The second-order valence-corrected chi connectivity index (χ2v) is 4.34. The summed E-state index contributed by atoms with van der Waals surface area (Å²) in [6.45, 7) is 0.524. The number of ether oxygens (including phenoxy) is 2. The molecule has 0 saturated heterocycles. The third-order valence-electron chi connectivity index (χ3n) is 2.04. The van der Waals surface area contributed by atoms with Crippen LogP contribution in [0.25, 0.3) is 0 Å². The van der Waals surface area contributed by atoms with Gasteiger partial charge in [-0.25, -0.2) is 4.79 Å². The summed E-state index contributed by atoms with van der Waals surface area (Å²) in [5.41, 5.74) is 0.405. The van der Waals surface area contributed by atoms with Crippen molar-refractivity contribution in [2.75, 3.05) is 26.9 Å². The van der Waals surface area contributed by atoms with E-state index in [0.29, 0.717) is 18.7 Å². The molecule has 0 radical (unpaired) electrons. The number of carbonyl (C=O) groups excluding carboxylic acids is 2. The fourth-order valence-electron chi connectivity index (χ4n) is 1.14. The zero-order valence-electron chi connectivity index (χ0n) is 9.94. The van der Waals surface area contributed by atoms with E-state index < -0.39 is 5.97 Å². The summed E-state index contributed by atoms with van der Waals surface area (Å²) in [5, 5.41) is 2.55. The molecule has 0 aromatic heterocycles. The molecule has 0 unspecified atom stereocenters. The number of carbonyl (C=O) groups is 2. The summed E-state index contributed by atoms with van der Waals surface area (Å²) < 4.78 is 10.5. The molecule has 0 aliphatic heterocycles. The van der Waals surface area contributed by atoms with Gasteiger partial charge in [-0.15, -0.1) is 0 Å². The van der Waals surface area contributed by atoms with Crippen LogP contribution in [0.2, 0.25) is 0 Å². The Morgan fingerprint density at radius 3 is 2.56 bits per heavy atom. The van der Waals surface area contributed by atoms with Gasteiger partial charge in [-0.05, 0) is 24.3 Å². The summed E-state index contributed by atoms with van der Waals surface area (Å²) >= 11 is 3.26. The SMILES string of the molecule is COCCNC(=O)COC(=O)c1ccc(Br)cc1. The third kappa shape index (κ3) is 5.29. The number of methoxy groups -OCH3 is 1. The first kappa shape index (κ1) is 14.7. The molecule has 0 aliphatic carbocycles. The first-order chi connectivity index (χ1) is 8.63. The quantitative estimate of drug-likeness (QED) is 0.636. The molecule has 0 heterocycles. The molecular formula is C12H14BrNO4. The summed E-state index contributed by atoms with van der Waals surface area (Å²) in [7, 11) is 1.54. The molecule has 0 spiro atoms. The van der Waals surface area contributed by atoms with Crippen LogP contribution in [0.15, 0.2) is 28.7 Å². The second kappa shape index (κ2) is 7.84. The van der Waals surface area contributed by atoms with Gasteiger partial charge in [0, 0.05) is 18.1 Å². The van der Waals surface area contributed by atoms with E-state index in [-0.39, 0.29) is 12.5 Å². The van der Waals surface area contributed by atoms with Crippen LogP contribution in [0.4, 0.5) is 0 Å². The number of amides is 1. The Morgan fingerprint density at radius 1 is 1.28 bits per heavy atom. The van der Waals surface area contributed by atoms with Crippen LogP contribution in [0.3, 0.4) is 0 Å². The molecule has 0 saturated carbocycles. The number of nitrogens with one attached hydrogen (secondary N) is 1. The highest BCUT2D eigenvalue weighted by Gasteiger charge is 2.09. The van der Waals surface area contributed by atoms with Gasteiger partial charge >= 0.3 is 5.97 Å². The Labute approximate surface area is 114 Å². The van der Waals surface area contributed by atoms with Crippen LogP contribution in [0, 0.1) is 0 Å². The van der Waals surface area contributed by atoms with Crippen molar-refractivity contribution < 1.29 is 19.1 Å². The fraction of sp³-hybridized carbons (Fsp3) is 0.333. The summed E-state index contributed by atoms with van der Waals surface area (Å²) in [6.07, 6.45) is 0. The lowest BCUT2D eigenvalue weighted by molar-refractivity contribution is -0.124. The van der Waals surface area contributed by atoms with Gasteiger partial charge in [0.1, 0.15) is 0 Å². The largest absolute Gasteiger partial charge is 0.452 e. The molecule has 1 rings (SSSR count). The molecule has 1 N–H and O–H groups in total. The zero-order valence-corrected chi connectivity index (χ0v) is 11.5. The molecule has 0 aliphatic rings. The van der Waals surface area contributed by atoms with Crippen molar-refractivity contribution in [3.63, 3.8) is 0 Å². The Kier molecular flexibility index (Phi) is 6.38. The van der Waals surface area contributed by atoms with E-state index in [0.717, 1.165) is 4.47 Å². The number of hydrogen-bond acceptors (Lipinski definition) is 4. The third-order valence-corrected chi connectivity index (χ3v) is 2.57. The van der Waals surface area contributed by atoms with Gasteiger partial charge < -0.3 is 14.8 Å². The minimum absolute atomic E-state index is 0.293. The summed E-state index contributed by atoms with van der Waals surface area (Å²) in [4.78, 5) is 22.8. The molecule has 1 aromatic rings. The van der Waals surface area contributed by atoms with E-state index in [1.807, 2.05) is 0 Å². The number of hydrogen-bond donors (Lipinski definition) is 1. The van der Waals surface area contributed by atoms with E-state index in [1.54, 1.807) is 31.4 Å². The van der Waals surface area contributed by atoms with Crippen LogP contribution in [0.1, 0.15) is 10.4 Å². The molecule has 18 heavy (non-hydrogen) atoms. The van der Waals surface area contributed by atoms with Crippen molar-refractivity contribution in [3.05, 3.63) is 34.3 Å². The highest BCUT2D eigenvalue weighted by molar-refractivity contribution is 9.10. The predicted octanol–water partition coefficient (Wildman–Crippen LogP) is 1.37. The second-order valence-electron chi connectivity index (χ2n) is 3.43. The number of benzene rings is 1. The highest BCUT2D eigenvalue weighted by atomic mass is 79.9. The highest BCUT2D eigenvalue weighted by Crippen LogP contribution is 2.11. The van der Waals surface area contributed by atoms with Crippen molar-refractivity contribution in [2.45, 2.75) is 0 Å². The van der Waals surface area contributed by atoms with Crippen LogP contribution in [0.5, 0.6) is 0 Å². The van der Waals surface area contributed by atoms with Crippen molar-refractivity contribution in [2.24, 2.45) is 0 Å². The first-order valence-electron chi connectivity index (χ1n) is 5.32. The van der Waals surface area contributed by atoms with Crippen molar-refractivity contribution >= 4 is 27.8 Å². The number of rotatable bonds is 6. The molecule has 0 fully saturated rings. The smallest absolute Gasteiger partial charge is 0.338 e. The molecule has 1 aromatic carbocycles. The molecule has 1 amide bonds. The number of esters is 1. The van der Waals surface area contributed by atoms with Gasteiger partial charge in [0.2, 0.25) is 0 Å². The fourth-order valence-corrected chi connectivity index (χ4v) is 1.41. The molecule has 6 heteroatoms. The minimum Gasteiger partial charge on any atom is -0.452 e. The average molecular weight is 316 g/mol. The van der Waals surface area contributed by atoms with Crippen LogP contribution >= 0.6 is 15.9 Å². The van der Waals surface area contributed by atoms with Crippen molar-refractivity contribution in [1.82, 2.24) is 5.32 Å². The first-order valence-corrected chi connectivity index (χ1v) is 6.11. The van der Waals surface area contributed by atoms with Crippen LogP contribution in [-0.4, -0.2) is 38.7 Å². The van der Waals surface area contributed by atoms with E-state index >= 15 is 0 Å². The monoisotopic (exact) mass is 315 g/mol. The molecule has 0 atom stereocenters.